The number of allylic oxidation sites excluding steroid dienone is 4. The van der Waals surface area contributed by atoms with Gasteiger partial charge in [0.2, 0.25) is 5.91 Å². The molecule has 1 heterocycles. The van der Waals surface area contributed by atoms with Gasteiger partial charge in [0.1, 0.15) is 11.5 Å². The Labute approximate surface area is 192 Å². The molecule has 2 aliphatic carbocycles. The number of hydrogen-bond donors (Lipinski definition) is 3. The smallest absolute Gasteiger partial charge is 0.235 e. The van der Waals surface area contributed by atoms with E-state index in [9.17, 15) is 19.8 Å². The van der Waals surface area contributed by atoms with E-state index in [2.05, 4.69) is 39.1 Å². The zero-order valence-electron chi connectivity index (χ0n) is 20.4. The lowest BCUT2D eigenvalue weighted by Gasteiger charge is -2.46. The van der Waals surface area contributed by atoms with Crippen LogP contribution in [-0.2, 0) is 14.3 Å². The number of rotatable bonds is 4. The molecule has 1 fully saturated rings. The maximum atomic E-state index is 14.1. The van der Waals surface area contributed by atoms with Crippen LogP contribution >= 0.6 is 0 Å². The van der Waals surface area contributed by atoms with Crippen LogP contribution in [0.4, 0.5) is 0 Å². The molecular weight excluding hydrogens is 406 g/mol. The fourth-order valence-corrected chi connectivity index (χ4v) is 6.45. The van der Waals surface area contributed by atoms with Gasteiger partial charge in [-0.25, -0.2) is 0 Å². The maximum Gasteiger partial charge on any atom is 0.235 e. The molecule has 0 saturated carbocycles. The van der Waals surface area contributed by atoms with Crippen molar-refractivity contribution >= 4 is 11.7 Å². The molecule has 3 N–H and O–H groups in total. The Balaban J connectivity index is 2.22. The molecule has 0 unspecified atom stereocenters. The summed E-state index contributed by atoms with van der Waals surface area (Å²) in [6.45, 7) is 10.5. The lowest BCUT2D eigenvalue weighted by atomic mass is 9.54. The van der Waals surface area contributed by atoms with E-state index in [1.165, 1.54) is 12.7 Å². The molecule has 1 spiro atoms. The number of carbonyl (C=O) groups excluding carboxylic acids is 2. The molecule has 3 aliphatic rings. The lowest BCUT2D eigenvalue weighted by molar-refractivity contribution is -0.156. The third-order valence-corrected chi connectivity index (χ3v) is 8.13. The second-order valence-electron chi connectivity index (χ2n) is 10.8. The van der Waals surface area contributed by atoms with Gasteiger partial charge in [-0.3, -0.25) is 9.59 Å². The van der Waals surface area contributed by atoms with Crippen LogP contribution in [0.15, 0.2) is 23.3 Å². The molecule has 0 aromatic carbocycles. The normalized spacial score (nSPS) is 42.3. The maximum absolute atomic E-state index is 14.1. The Bertz CT molecular complexity index is 787. The molecule has 8 atom stereocenters. The minimum absolute atomic E-state index is 0.0229. The van der Waals surface area contributed by atoms with Crippen molar-refractivity contribution in [3.63, 3.8) is 0 Å². The van der Waals surface area contributed by atoms with E-state index in [-0.39, 0.29) is 36.3 Å². The SMILES string of the molecule is CO[C@@H]1CC[C@H](CO)C/C(C)=C/[C@H]2C=C(C)[C@@H](C)[C@H]3[C@H](CC(C)C)NC(=O)[C@]32C(=O)[C@@H]1O. The summed E-state index contributed by atoms with van der Waals surface area (Å²) in [5.74, 6) is -0.933. The summed E-state index contributed by atoms with van der Waals surface area (Å²) in [7, 11) is 1.49. The summed E-state index contributed by atoms with van der Waals surface area (Å²) in [5, 5.41) is 24.3. The molecule has 32 heavy (non-hydrogen) atoms. The van der Waals surface area contributed by atoms with Crippen LogP contribution in [0.2, 0.25) is 0 Å². The Hall–Kier alpha value is -1.50. The quantitative estimate of drug-likeness (QED) is 0.455. The molecule has 6 nitrogen and oxygen atoms in total. The first kappa shape index (κ1) is 25.1. The number of aliphatic hydroxyl groups is 2. The van der Waals surface area contributed by atoms with Crippen LogP contribution in [-0.4, -0.2) is 53.9 Å². The summed E-state index contributed by atoms with van der Waals surface area (Å²) >= 11 is 0. The van der Waals surface area contributed by atoms with Gasteiger partial charge in [-0.2, -0.15) is 0 Å². The molecule has 3 rings (SSSR count). The molecule has 0 aromatic rings. The first-order valence-corrected chi connectivity index (χ1v) is 12.1. The highest BCUT2D eigenvalue weighted by atomic mass is 16.5. The molecule has 6 heteroatoms. The predicted molar refractivity (Wildman–Crippen MR) is 124 cm³/mol. The van der Waals surface area contributed by atoms with Crippen LogP contribution in [0.3, 0.4) is 0 Å². The van der Waals surface area contributed by atoms with E-state index in [0.717, 1.165) is 12.0 Å². The van der Waals surface area contributed by atoms with E-state index >= 15 is 0 Å². The van der Waals surface area contributed by atoms with Gasteiger partial charge in [0.15, 0.2) is 5.78 Å². The van der Waals surface area contributed by atoms with Crippen LogP contribution in [0.1, 0.15) is 60.3 Å². The van der Waals surface area contributed by atoms with Gasteiger partial charge in [-0.1, -0.05) is 44.1 Å². The third kappa shape index (κ3) is 4.22. The number of carbonyl (C=O) groups is 2. The molecular formula is C26H41NO5. The first-order valence-electron chi connectivity index (χ1n) is 12.1. The molecule has 0 bridgehead atoms. The van der Waals surface area contributed by atoms with Crippen molar-refractivity contribution < 1.29 is 24.5 Å². The summed E-state index contributed by atoms with van der Waals surface area (Å²) in [6.07, 6.45) is 4.57. The Morgan fingerprint density at radius 3 is 2.50 bits per heavy atom. The van der Waals surface area contributed by atoms with Crippen LogP contribution in [0.5, 0.6) is 0 Å². The second-order valence-corrected chi connectivity index (χ2v) is 10.8. The van der Waals surface area contributed by atoms with Crippen LogP contribution in [0.25, 0.3) is 0 Å². The van der Waals surface area contributed by atoms with Crippen molar-refractivity contribution in [1.29, 1.82) is 0 Å². The Kier molecular flexibility index (Phi) is 7.68. The van der Waals surface area contributed by atoms with Gasteiger partial charge < -0.3 is 20.3 Å². The Morgan fingerprint density at radius 2 is 1.91 bits per heavy atom. The monoisotopic (exact) mass is 447 g/mol. The lowest BCUT2D eigenvalue weighted by Crippen LogP contribution is -2.57. The van der Waals surface area contributed by atoms with Gasteiger partial charge in [-0.15, -0.1) is 0 Å². The molecule has 1 aliphatic heterocycles. The van der Waals surface area contributed by atoms with E-state index in [4.69, 9.17) is 4.74 Å². The second kappa shape index (κ2) is 9.78. The number of ketones is 1. The van der Waals surface area contributed by atoms with Crippen LogP contribution in [0, 0.1) is 35.0 Å². The summed E-state index contributed by atoms with van der Waals surface area (Å²) in [4.78, 5) is 27.9. The number of Topliss-reactive ketones (excluding diaryl/α,β-unsaturated/α-hetero) is 1. The summed E-state index contributed by atoms with van der Waals surface area (Å²) in [6, 6.07) is -0.121. The molecule has 1 amide bonds. The highest BCUT2D eigenvalue weighted by molar-refractivity contribution is 6.11. The predicted octanol–water partition coefficient (Wildman–Crippen LogP) is 3.03. The van der Waals surface area contributed by atoms with Gasteiger partial charge in [0, 0.05) is 31.6 Å². The number of ether oxygens (including phenoxy) is 1. The zero-order valence-corrected chi connectivity index (χ0v) is 20.4. The fraction of sp³-hybridized carbons (Fsp3) is 0.769. The van der Waals surface area contributed by atoms with Crippen molar-refractivity contribution in [2.24, 2.45) is 35.0 Å². The van der Waals surface area contributed by atoms with Gasteiger partial charge >= 0.3 is 0 Å². The van der Waals surface area contributed by atoms with Crippen molar-refractivity contribution in [2.75, 3.05) is 13.7 Å². The standard InChI is InChI=1S/C26H41NO5/c1-14(2)9-20-22-17(5)16(4)12-19-11-15(3)10-18(13-28)7-8-21(32-6)23(29)24(30)26(19,22)25(31)27-20/h11-12,14,17-23,28-29H,7-10,13H2,1-6H3,(H,27,31)/b15-11+/t17-,18+,19+,20+,21-,22+,23-,26+/m1/s1. The largest absolute Gasteiger partial charge is 0.396 e. The van der Waals surface area contributed by atoms with E-state index in [1.54, 1.807) is 0 Å². The number of amides is 1. The van der Waals surface area contributed by atoms with Crippen LogP contribution < -0.4 is 5.32 Å². The fourth-order valence-electron chi connectivity index (χ4n) is 6.45. The van der Waals surface area contributed by atoms with Crippen molar-refractivity contribution in [1.82, 2.24) is 5.32 Å². The average molecular weight is 448 g/mol. The highest BCUT2D eigenvalue weighted by Gasteiger charge is 2.66. The first-order chi connectivity index (χ1) is 15.1. The number of hydrogen-bond acceptors (Lipinski definition) is 5. The molecule has 0 radical (unpaired) electrons. The number of aliphatic hydroxyl groups excluding tert-OH is 2. The zero-order chi connectivity index (χ0) is 23.8. The van der Waals surface area contributed by atoms with Crippen molar-refractivity contribution in [3.8, 4) is 0 Å². The van der Waals surface area contributed by atoms with Gasteiger partial charge in [0.25, 0.3) is 0 Å². The van der Waals surface area contributed by atoms with E-state index < -0.39 is 29.3 Å². The number of methoxy groups -OCH3 is 1. The average Bonchev–Trinajstić information content (AvgIpc) is 3.01. The van der Waals surface area contributed by atoms with Gasteiger partial charge in [-0.05, 0) is 57.3 Å². The molecule has 180 valence electrons. The number of nitrogens with one attached hydrogen (secondary N) is 1. The van der Waals surface area contributed by atoms with Crippen molar-refractivity contribution in [2.45, 2.75) is 78.6 Å². The minimum atomic E-state index is -1.39. The van der Waals surface area contributed by atoms with Gasteiger partial charge in [0.05, 0.1) is 6.10 Å². The highest BCUT2D eigenvalue weighted by Crippen LogP contribution is 2.55. The molecule has 1 saturated heterocycles. The summed E-state index contributed by atoms with van der Waals surface area (Å²) in [5.41, 5.74) is 0.878. The third-order valence-electron chi connectivity index (χ3n) is 8.13. The Morgan fingerprint density at radius 1 is 1.22 bits per heavy atom. The van der Waals surface area contributed by atoms with E-state index in [1.807, 2.05) is 13.0 Å². The van der Waals surface area contributed by atoms with Crippen molar-refractivity contribution in [3.05, 3.63) is 23.3 Å². The molecule has 0 aromatic heterocycles. The summed E-state index contributed by atoms with van der Waals surface area (Å²) < 4.78 is 5.55. The minimum Gasteiger partial charge on any atom is -0.396 e. The topological polar surface area (TPSA) is 95.9 Å². The van der Waals surface area contributed by atoms with E-state index in [0.29, 0.717) is 25.2 Å².